The highest BCUT2D eigenvalue weighted by molar-refractivity contribution is 7.09. The minimum absolute atomic E-state index is 0.403. The van der Waals surface area contributed by atoms with Crippen molar-refractivity contribution in [2.45, 2.75) is 26.4 Å². The Morgan fingerprint density at radius 1 is 1.32 bits per heavy atom. The lowest BCUT2D eigenvalue weighted by Crippen LogP contribution is -2.38. The van der Waals surface area contributed by atoms with Crippen molar-refractivity contribution in [1.29, 1.82) is 0 Å². The summed E-state index contributed by atoms with van der Waals surface area (Å²) in [5.74, 6) is -1.47. The number of anilines is 1. The summed E-state index contributed by atoms with van der Waals surface area (Å²) in [6.45, 7) is 4.07. The van der Waals surface area contributed by atoms with Crippen molar-refractivity contribution in [2.24, 2.45) is 0 Å². The molecule has 1 heterocycles. The van der Waals surface area contributed by atoms with Crippen LogP contribution in [0.3, 0.4) is 0 Å². The van der Waals surface area contributed by atoms with E-state index < -0.39 is 17.9 Å². The number of thiazole rings is 1. The van der Waals surface area contributed by atoms with Crippen LogP contribution in [0, 0.1) is 6.92 Å². The lowest BCUT2D eigenvalue weighted by atomic mass is 10.2. The van der Waals surface area contributed by atoms with Gasteiger partial charge in [0.25, 0.3) is 5.91 Å². The average Bonchev–Trinajstić information content (AvgIpc) is 2.90. The molecule has 116 valence electrons. The second kappa shape index (κ2) is 7.04. The molecule has 0 saturated heterocycles. The van der Waals surface area contributed by atoms with Crippen LogP contribution in [0.25, 0.3) is 0 Å². The smallest absolute Gasteiger partial charge is 0.325 e. The van der Waals surface area contributed by atoms with E-state index in [2.05, 4.69) is 15.6 Å². The van der Waals surface area contributed by atoms with Gasteiger partial charge in [-0.05, 0) is 38.1 Å². The van der Waals surface area contributed by atoms with Gasteiger partial charge in [0, 0.05) is 16.1 Å². The topological polar surface area (TPSA) is 91.3 Å². The number of amides is 1. The SMILES string of the molecule is Cc1ncsc1CNc1ccc(C(=O)NC(C)C(=O)O)cc1. The third kappa shape index (κ3) is 4.05. The minimum Gasteiger partial charge on any atom is -0.480 e. The normalized spacial score (nSPS) is 11.7. The van der Waals surface area contributed by atoms with Crippen molar-refractivity contribution >= 4 is 28.9 Å². The summed E-state index contributed by atoms with van der Waals surface area (Å²) < 4.78 is 0. The first-order valence-electron chi connectivity index (χ1n) is 6.74. The Hall–Kier alpha value is -2.41. The van der Waals surface area contributed by atoms with Crippen molar-refractivity contribution in [1.82, 2.24) is 10.3 Å². The van der Waals surface area contributed by atoms with Gasteiger partial charge in [0.15, 0.2) is 0 Å². The van der Waals surface area contributed by atoms with Gasteiger partial charge in [0.2, 0.25) is 0 Å². The summed E-state index contributed by atoms with van der Waals surface area (Å²) in [6, 6.07) is 5.98. The van der Waals surface area contributed by atoms with E-state index in [-0.39, 0.29) is 0 Å². The van der Waals surface area contributed by atoms with Crippen LogP contribution in [0.5, 0.6) is 0 Å². The maximum absolute atomic E-state index is 11.9. The highest BCUT2D eigenvalue weighted by Crippen LogP contribution is 2.16. The number of rotatable bonds is 6. The Morgan fingerprint density at radius 2 is 2.00 bits per heavy atom. The van der Waals surface area contributed by atoms with Gasteiger partial charge in [-0.1, -0.05) is 0 Å². The summed E-state index contributed by atoms with van der Waals surface area (Å²) >= 11 is 1.59. The van der Waals surface area contributed by atoms with E-state index in [0.29, 0.717) is 12.1 Å². The Kier molecular flexibility index (Phi) is 5.11. The number of nitrogens with one attached hydrogen (secondary N) is 2. The molecule has 0 radical (unpaired) electrons. The molecule has 0 aliphatic rings. The Balaban J connectivity index is 1.94. The molecule has 1 unspecified atom stereocenters. The lowest BCUT2D eigenvalue weighted by molar-refractivity contribution is -0.138. The molecule has 1 aromatic heterocycles. The Bertz CT molecular complexity index is 667. The molecule has 1 atom stereocenters. The maximum Gasteiger partial charge on any atom is 0.325 e. The number of aryl methyl sites for hydroxylation is 1. The maximum atomic E-state index is 11.9. The average molecular weight is 319 g/mol. The molecule has 0 spiro atoms. The molecule has 3 N–H and O–H groups in total. The molecular weight excluding hydrogens is 302 g/mol. The van der Waals surface area contributed by atoms with E-state index in [4.69, 9.17) is 5.11 Å². The van der Waals surface area contributed by atoms with Gasteiger partial charge in [-0.15, -0.1) is 11.3 Å². The summed E-state index contributed by atoms with van der Waals surface area (Å²) in [5.41, 5.74) is 4.13. The fourth-order valence-electron chi connectivity index (χ4n) is 1.76. The quantitative estimate of drug-likeness (QED) is 0.760. The van der Waals surface area contributed by atoms with Crippen molar-refractivity contribution in [3.8, 4) is 0 Å². The number of nitrogens with zero attached hydrogens (tertiary/aromatic N) is 1. The number of carbonyl (C=O) groups is 2. The largest absolute Gasteiger partial charge is 0.480 e. The molecule has 7 heteroatoms. The summed E-state index contributed by atoms with van der Waals surface area (Å²) in [5, 5.41) is 14.4. The standard InChI is InChI=1S/C15H17N3O3S/c1-9-13(22-8-17-9)7-16-12-5-3-11(4-6-12)14(19)18-10(2)15(20)21/h3-6,8,10,16H,7H2,1-2H3,(H,18,19)(H,20,21). The molecule has 0 aliphatic carbocycles. The summed E-state index contributed by atoms with van der Waals surface area (Å²) in [7, 11) is 0. The van der Waals surface area contributed by atoms with E-state index in [0.717, 1.165) is 16.3 Å². The van der Waals surface area contributed by atoms with Crippen molar-refractivity contribution in [3.63, 3.8) is 0 Å². The predicted molar refractivity (Wildman–Crippen MR) is 85.2 cm³/mol. The van der Waals surface area contributed by atoms with Gasteiger partial charge < -0.3 is 15.7 Å². The number of carboxylic acid groups (broad SMARTS) is 1. The second-order valence-corrected chi connectivity index (χ2v) is 5.76. The number of hydrogen-bond acceptors (Lipinski definition) is 5. The zero-order chi connectivity index (χ0) is 16.1. The highest BCUT2D eigenvalue weighted by atomic mass is 32.1. The first-order chi connectivity index (χ1) is 10.5. The second-order valence-electron chi connectivity index (χ2n) is 4.83. The van der Waals surface area contributed by atoms with Gasteiger partial charge in [-0.25, -0.2) is 4.98 Å². The monoisotopic (exact) mass is 319 g/mol. The third-order valence-electron chi connectivity index (χ3n) is 3.16. The third-order valence-corrected chi connectivity index (χ3v) is 4.10. The van der Waals surface area contributed by atoms with E-state index in [1.54, 1.807) is 35.6 Å². The van der Waals surface area contributed by atoms with E-state index in [1.807, 2.05) is 12.4 Å². The van der Waals surface area contributed by atoms with Crippen LogP contribution >= 0.6 is 11.3 Å². The number of carboxylic acids is 1. The zero-order valence-electron chi connectivity index (χ0n) is 12.3. The van der Waals surface area contributed by atoms with Crippen LogP contribution in [0.1, 0.15) is 27.9 Å². The zero-order valence-corrected chi connectivity index (χ0v) is 13.1. The van der Waals surface area contributed by atoms with Crippen molar-refractivity contribution in [3.05, 3.63) is 45.9 Å². The van der Waals surface area contributed by atoms with Gasteiger partial charge in [-0.3, -0.25) is 9.59 Å². The van der Waals surface area contributed by atoms with Crippen molar-refractivity contribution in [2.75, 3.05) is 5.32 Å². The summed E-state index contributed by atoms with van der Waals surface area (Å²) in [4.78, 5) is 27.9. The molecule has 1 amide bonds. The number of carbonyl (C=O) groups excluding carboxylic acids is 1. The van der Waals surface area contributed by atoms with Crippen LogP contribution < -0.4 is 10.6 Å². The van der Waals surface area contributed by atoms with Crippen LogP contribution in [-0.4, -0.2) is 28.0 Å². The van der Waals surface area contributed by atoms with Crippen LogP contribution in [-0.2, 0) is 11.3 Å². The number of hydrogen-bond donors (Lipinski definition) is 3. The van der Waals surface area contributed by atoms with Crippen molar-refractivity contribution < 1.29 is 14.7 Å². The predicted octanol–water partition coefficient (Wildman–Crippen LogP) is 2.27. The molecule has 2 aromatic rings. The van der Waals surface area contributed by atoms with Gasteiger partial charge in [0.1, 0.15) is 6.04 Å². The van der Waals surface area contributed by atoms with Gasteiger partial charge in [0.05, 0.1) is 17.7 Å². The molecule has 0 aliphatic heterocycles. The summed E-state index contributed by atoms with van der Waals surface area (Å²) in [6.07, 6.45) is 0. The van der Waals surface area contributed by atoms with Crippen LogP contribution in [0.4, 0.5) is 5.69 Å². The first kappa shape index (κ1) is 16.0. The molecular formula is C15H17N3O3S. The molecule has 1 aromatic carbocycles. The first-order valence-corrected chi connectivity index (χ1v) is 7.62. The Labute approximate surface area is 132 Å². The van der Waals surface area contributed by atoms with Gasteiger partial charge >= 0.3 is 5.97 Å². The van der Waals surface area contributed by atoms with Crippen LogP contribution in [0.2, 0.25) is 0 Å². The minimum atomic E-state index is -1.06. The molecule has 0 fully saturated rings. The fourth-order valence-corrected chi connectivity index (χ4v) is 2.48. The lowest BCUT2D eigenvalue weighted by Gasteiger charge is -2.10. The van der Waals surface area contributed by atoms with Crippen LogP contribution in [0.15, 0.2) is 29.8 Å². The van der Waals surface area contributed by atoms with E-state index in [9.17, 15) is 9.59 Å². The fraction of sp³-hybridized carbons (Fsp3) is 0.267. The Morgan fingerprint density at radius 3 is 2.55 bits per heavy atom. The number of aliphatic carboxylic acids is 1. The molecule has 0 bridgehead atoms. The number of aromatic nitrogens is 1. The van der Waals surface area contributed by atoms with Gasteiger partial charge in [-0.2, -0.15) is 0 Å². The number of benzene rings is 1. The molecule has 2 rings (SSSR count). The highest BCUT2D eigenvalue weighted by Gasteiger charge is 2.15. The molecule has 6 nitrogen and oxygen atoms in total. The molecule has 22 heavy (non-hydrogen) atoms. The molecule has 0 saturated carbocycles. The van der Waals surface area contributed by atoms with E-state index >= 15 is 0 Å². The van der Waals surface area contributed by atoms with E-state index in [1.165, 1.54) is 6.92 Å².